The van der Waals surface area contributed by atoms with Gasteiger partial charge in [0.2, 0.25) is 0 Å². The molecule has 1 amide bonds. The number of piperidine rings is 1. The maximum atomic E-state index is 12.1. The zero-order valence-corrected chi connectivity index (χ0v) is 14.7. The fraction of sp³-hybridized carbons (Fsp3) is 0.562. The van der Waals surface area contributed by atoms with E-state index >= 15 is 0 Å². The number of pyridine rings is 1. The molecule has 22 heavy (non-hydrogen) atoms. The molecule has 0 unspecified atom stereocenters. The van der Waals surface area contributed by atoms with Crippen molar-refractivity contribution in [2.24, 2.45) is 0 Å². The van der Waals surface area contributed by atoms with Gasteiger partial charge in [-0.2, -0.15) is 5.26 Å². The molecule has 5 nitrogen and oxygen atoms in total. The van der Waals surface area contributed by atoms with Crippen molar-refractivity contribution in [3.05, 3.63) is 28.5 Å². The molecule has 1 aromatic heterocycles. The van der Waals surface area contributed by atoms with Gasteiger partial charge in [0.05, 0.1) is 11.8 Å². The Labute approximate surface area is 139 Å². The van der Waals surface area contributed by atoms with Crippen LogP contribution in [-0.2, 0) is 10.2 Å². The molecule has 1 aliphatic heterocycles. The van der Waals surface area contributed by atoms with Crippen molar-refractivity contribution in [1.29, 1.82) is 5.26 Å². The van der Waals surface area contributed by atoms with Crippen LogP contribution in [0.1, 0.15) is 39.3 Å². The van der Waals surface area contributed by atoms with Crippen LogP contribution in [0.3, 0.4) is 0 Å². The Kier molecular flexibility index (Phi) is 4.76. The Morgan fingerprint density at radius 3 is 2.55 bits per heavy atom. The van der Waals surface area contributed by atoms with E-state index in [0.717, 1.165) is 5.69 Å². The third-order valence-corrected chi connectivity index (χ3v) is 4.13. The molecule has 1 aromatic rings. The van der Waals surface area contributed by atoms with Crippen molar-refractivity contribution in [1.82, 2.24) is 9.88 Å². The second-order valence-electron chi connectivity index (χ2n) is 6.51. The summed E-state index contributed by atoms with van der Waals surface area (Å²) >= 11 is 3.35. The maximum absolute atomic E-state index is 12.1. The fourth-order valence-electron chi connectivity index (χ4n) is 2.50. The summed E-state index contributed by atoms with van der Waals surface area (Å²) in [5.41, 5.74) is -0.386. The van der Waals surface area contributed by atoms with Crippen LogP contribution in [-0.4, -0.2) is 34.7 Å². The van der Waals surface area contributed by atoms with Crippen LogP contribution in [0, 0.1) is 11.3 Å². The first kappa shape index (κ1) is 16.8. The number of amides is 1. The van der Waals surface area contributed by atoms with Gasteiger partial charge < -0.3 is 9.64 Å². The number of carbonyl (C=O) groups is 1. The highest BCUT2D eigenvalue weighted by atomic mass is 79.9. The molecule has 0 radical (unpaired) electrons. The number of likely N-dealkylation sites (tertiary alicyclic amines) is 1. The molecular formula is C16H20BrN3O2. The average Bonchev–Trinajstić information content (AvgIpc) is 2.45. The predicted molar refractivity (Wildman–Crippen MR) is 86.3 cm³/mol. The largest absolute Gasteiger partial charge is 0.444 e. The van der Waals surface area contributed by atoms with E-state index in [4.69, 9.17) is 4.74 Å². The molecule has 6 heteroatoms. The molecule has 2 rings (SSSR count). The van der Waals surface area contributed by atoms with E-state index in [-0.39, 0.29) is 6.09 Å². The predicted octanol–water partition coefficient (Wildman–Crippen LogP) is 3.64. The van der Waals surface area contributed by atoms with E-state index in [1.54, 1.807) is 4.90 Å². The maximum Gasteiger partial charge on any atom is 0.410 e. The number of halogens is 1. The highest BCUT2D eigenvalue weighted by Crippen LogP contribution is 2.34. The Morgan fingerprint density at radius 1 is 1.41 bits per heavy atom. The highest BCUT2D eigenvalue weighted by Gasteiger charge is 2.39. The molecule has 118 valence electrons. The minimum Gasteiger partial charge on any atom is -0.444 e. The van der Waals surface area contributed by atoms with Gasteiger partial charge in [-0.05, 0) is 61.7 Å². The monoisotopic (exact) mass is 365 g/mol. The van der Waals surface area contributed by atoms with Gasteiger partial charge in [0.25, 0.3) is 0 Å². The van der Waals surface area contributed by atoms with Crippen molar-refractivity contribution in [3.8, 4) is 6.07 Å². The first-order valence-corrected chi connectivity index (χ1v) is 8.07. The van der Waals surface area contributed by atoms with Crippen LogP contribution < -0.4 is 0 Å². The standard InChI is InChI=1S/C16H20BrN3O2/c1-15(2,3)22-14(21)20-9-7-16(11-18,8-10-20)12-5-4-6-13(17)19-12/h4-6H,7-10H2,1-3H3. The topological polar surface area (TPSA) is 66.2 Å². The zero-order chi connectivity index (χ0) is 16.4. The number of nitriles is 1. The lowest BCUT2D eigenvalue weighted by Gasteiger charge is -2.37. The van der Waals surface area contributed by atoms with Crippen LogP contribution in [0.4, 0.5) is 4.79 Å². The fourth-order valence-corrected chi connectivity index (χ4v) is 2.84. The average molecular weight is 366 g/mol. The van der Waals surface area contributed by atoms with Crippen molar-refractivity contribution >= 4 is 22.0 Å². The molecule has 0 aromatic carbocycles. The Hall–Kier alpha value is -1.61. The lowest BCUT2D eigenvalue weighted by atomic mass is 9.77. The van der Waals surface area contributed by atoms with Gasteiger partial charge in [0, 0.05) is 13.1 Å². The molecule has 0 spiro atoms. The van der Waals surface area contributed by atoms with Crippen LogP contribution in [0.2, 0.25) is 0 Å². The summed E-state index contributed by atoms with van der Waals surface area (Å²) in [6.07, 6.45) is 0.805. The molecular weight excluding hydrogens is 346 g/mol. The van der Waals surface area contributed by atoms with Crippen molar-refractivity contribution in [2.75, 3.05) is 13.1 Å². The minimum absolute atomic E-state index is 0.318. The van der Waals surface area contributed by atoms with Gasteiger partial charge in [-0.15, -0.1) is 0 Å². The summed E-state index contributed by atoms with van der Waals surface area (Å²) < 4.78 is 6.10. The number of nitrogens with zero attached hydrogens (tertiary/aromatic N) is 3. The van der Waals surface area contributed by atoms with Gasteiger partial charge in [-0.1, -0.05) is 6.07 Å². The Balaban J connectivity index is 2.09. The number of hydrogen-bond donors (Lipinski definition) is 0. The van der Waals surface area contributed by atoms with Crippen LogP contribution in [0.25, 0.3) is 0 Å². The van der Waals surface area contributed by atoms with E-state index in [1.807, 2.05) is 39.0 Å². The van der Waals surface area contributed by atoms with Crippen LogP contribution in [0.5, 0.6) is 0 Å². The third-order valence-electron chi connectivity index (χ3n) is 3.69. The SMILES string of the molecule is CC(C)(C)OC(=O)N1CCC(C#N)(c2cccc(Br)n2)CC1. The molecule has 0 saturated carbocycles. The summed E-state index contributed by atoms with van der Waals surface area (Å²) in [6.45, 7) is 6.53. The third kappa shape index (κ3) is 3.77. The number of ether oxygens (including phenoxy) is 1. The number of carbonyl (C=O) groups excluding carboxylic acids is 1. The first-order chi connectivity index (χ1) is 10.3. The summed E-state index contributed by atoms with van der Waals surface area (Å²) in [5.74, 6) is 0. The second kappa shape index (κ2) is 6.25. The lowest BCUT2D eigenvalue weighted by molar-refractivity contribution is 0.0184. The molecule has 1 saturated heterocycles. The molecule has 0 N–H and O–H groups in total. The summed E-state index contributed by atoms with van der Waals surface area (Å²) in [6, 6.07) is 8.00. The van der Waals surface area contributed by atoms with E-state index < -0.39 is 11.0 Å². The smallest absolute Gasteiger partial charge is 0.410 e. The summed E-state index contributed by atoms with van der Waals surface area (Å²) in [4.78, 5) is 18.2. The molecule has 0 aliphatic carbocycles. The number of aromatic nitrogens is 1. The number of rotatable bonds is 1. The van der Waals surface area contributed by atoms with Crippen LogP contribution in [0.15, 0.2) is 22.8 Å². The van der Waals surface area contributed by atoms with Gasteiger partial charge in [0.1, 0.15) is 15.6 Å². The molecule has 1 fully saturated rings. The normalized spacial score (nSPS) is 17.7. The molecule has 0 bridgehead atoms. The van der Waals surface area contributed by atoms with E-state index in [2.05, 4.69) is 27.0 Å². The van der Waals surface area contributed by atoms with Gasteiger partial charge >= 0.3 is 6.09 Å². The quantitative estimate of drug-likeness (QED) is 0.712. The zero-order valence-electron chi connectivity index (χ0n) is 13.1. The van der Waals surface area contributed by atoms with Crippen molar-refractivity contribution in [2.45, 2.75) is 44.6 Å². The van der Waals surface area contributed by atoms with E-state index in [0.29, 0.717) is 30.5 Å². The Morgan fingerprint density at radius 2 is 2.05 bits per heavy atom. The van der Waals surface area contributed by atoms with Gasteiger partial charge in [-0.3, -0.25) is 0 Å². The van der Waals surface area contributed by atoms with Gasteiger partial charge in [0.15, 0.2) is 0 Å². The summed E-state index contributed by atoms with van der Waals surface area (Å²) in [5, 5.41) is 9.66. The molecule has 2 heterocycles. The lowest BCUT2D eigenvalue weighted by Crippen LogP contribution is -2.46. The minimum atomic E-state index is -0.637. The van der Waals surface area contributed by atoms with E-state index in [9.17, 15) is 10.1 Å². The molecule has 1 aliphatic rings. The first-order valence-electron chi connectivity index (χ1n) is 7.28. The van der Waals surface area contributed by atoms with Gasteiger partial charge in [-0.25, -0.2) is 9.78 Å². The molecule has 0 atom stereocenters. The Bertz CT molecular complexity index is 596. The highest BCUT2D eigenvalue weighted by molar-refractivity contribution is 9.10. The second-order valence-corrected chi connectivity index (χ2v) is 7.32. The van der Waals surface area contributed by atoms with Crippen LogP contribution >= 0.6 is 15.9 Å². The number of hydrogen-bond acceptors (Lipinski definition) is 4. The summed E-state index contributed by atoms with van der Waals surface area (Å²) in [7, 11) is 0. The van der Waals surface area contributed by atoms with Crippen molar-refractivity contribution < 1.29 is 9.53 Å². The van der Waals surface area contributed by atoms with E-state index in [1.165, 1.54) is 0 Å². The van der Waals surface area contributed by atoms with Crippen molar-refractivity contribution in [3.63, 3.8) is 0 Å².